The first-order valence-electron chi connectivity index (χ1n) is 11.0. The van der Waals surface area contributed by atoms with Crippen LogP contribution in [0.25, 0.3) is 11.0 Å². The van der Waals surface area contributed by atoms with E-state index in [9.17, 15) is 4.79 Å². The molecule has 10 nitrogen and oxygen atoms in total. The zero-order valence-corrected chi connectivity index (χ0v) is 18.5. The molecule has 1 amide bonds. The largest absolute Gasteiger partial charge is 0.383 e. The molecule has 0 radical (unpaired) electrons. The van der Waals surface area contributed by atoms with Crippen molar-refractivity contribution in [1.29, 1.82) is 0 Å². The number of hydrogen-bond donors (Lipinski definition) is 1. The average Bonchev–Trinajstić information content (AvgIpc) is 3.48. The standard InChI is InChI=1S/C24H23N9O/c1-2-21(34)31-11-5-7-19(15-31)33-24-22(23(25)27-16-28-24)20(30-33)9-8-17-12-29-32(13-17)14-18-6-3-4-10-26-18/h2-4,6,10,12-13,16,19H,1,5,7,11,14-15H2,(H2,25,27,28)/t19-/m1/s1. The molecule has 4 aromatic heterocycles. The highest BCUT2D eigenvalue weighted by atomic mass is 16.2. The van der Waals surface area contributed by atoms with Gasteiger partial charge in [0.05, 0.1) is 35.4 Å². The number of fused-ring (bicyclic) bond motifs is 1. The quantitative estimate of drug-likeness (QED) is 0.369. The summed E-state index contributed by atoms with van der Waals surface area (Å²) in [6.45, 7) is 5.38. The Morgan fingerprint density at radius 1 is 1.26 bits per heavy atom. The molecule has 0 unspecified atom stereocenters. The first-order chi connectivity index (χ1) is 16.6. The van der Waals surface area contributed by atoms with Crippen molar-refractivity contribution in [2.75, 3.05) is 18.8 Å². The Labute approximate surface area is 196 Å². The summed E-state index contributed by atoms with van der Waals surface area (Å²) in [5.74, 6) is 6.47. The van der Waals surface area contributed by atoms with Gasteiger partial charge in [-0.15, -0.1) is 0 Å². The van der Waals surface area contributed by atoms with E-state index in [2.05, 4.69) is 38.5 Å². The Balaban J connectivity index is 1.45. The molecule has 170 valence electrons. The molecule has 1 atom stereocenters. The van der Waals surface area contributed by atoms with Crippen LogP contribution in [0.5, 0.6) is 0 Å². The van der Waals surface area contributed by atoms with Gasteiger partial charge in [-0.1, -0.05) is 18.6 Å². The number of pyridine rings is 1. The van der Waals surface area contributed by atoms with E-state index in [0.29, 0.717) is 42.2 Å². The Morgan fingerprint density at radius 3 is 3.00 bits per heavy atom. The van der Waals surface area contributed by atoms with E-state index >= 15 is 0 Å². The summed E-state index contributed by atoms with van der Waals surface area (Å²) in [5, 5.41) is 9.73. The van der Waals surface area contributed by atoms with Crippen LogP contribution in [0.3, 0.4) is 0 Å². The van der Waals surface area contributed by atoms with Crippen molar-refractivity contribution >= 4 is 22.8 Å². The number of anilines is 1. The lowest BCUT2D eigenvalue weighted by Gasteiger charge is -2.32. The van der Waals surface area contributed by atoms with Gasteiger partial charge in [-0.25, -0.2) is 14.6 Å². The van der Waals surface area contributed by atoms with Gasteiger partial charge in [-0.3, -0.25) is 14.5 Å². The first kappa shape index (κ1) is 21.3. The number of carbonyl (C=O) groups excluding carboxylic acids is 1. The summed E-state index contributed by atoms with van der Waals surface area (Å²) >= 11 is 0. The highest BCUT2D eigenvalue weighted by Gasteiger charge is 2.27. The van der Waals surface area contributed by atoms with Crippen LogP contribution in [0.2, 0.25) is 0 Å². The van der Waals surface area contributed by atoms with E-state index in [0.717, 1.165) is 24.1 Å². The zero-order valence-electron chi connectivity index (χ0n) is 18.5. The number of piperidine rings is 1. The maximum atomic E-state index is 12.1. The smallest absolute Gasteiger partial charge is 0.246 e. The van der Waals surface area contributed by atoms with Gasteiger partial charge in [0, 0.05) is 25.5 Å². The molecule has 5 heterocycles. The minimum Gasteiger partial charge on any atom is -0.383 e. The number of aromatic nitrogens is 7. The molecule has 0 spiro atoms. The summed E-state index contributed by atoms with van der Waals surface area (Å²) in [7, 11) is 0. The third-order valence-corrected chi connectivity index (χ3v) is 5.76. The minimum absolute atomic E-state index is 0.0360. The monoisotopic (exact) mass is 453 g/mol. The molecule has 1 fully saturated rings. The molecular weight excluding hydrogens is 430 g/mol. The summed E-state index contributed by atoms with van der Waals surface area (Å²) < 4.78 is 3.61. The van der Waals surface area contributed by atoms with E-state index in [4.69, 9.17) is 10.8 Å². The van der Waals surface area contributed by atoms with Crippen molar-refractivity contribution in [2.24, 2.45) is 0 Å². The molecule has 1 saturated heterocycles. The van der Waals surface area contributed by atoms with E-state index in [1.807, 2.05) is 29.1 Å². The van der Waals surface area contributed by atoms with Crippen LogP contribution in [0.1, 0.15) is 35.8 Å². The molecule has 4 aromatic rings. The van der Waals surface area contributed by atoms with Gasteiger partial charge in [0.1, 0.15) is 17.8 Å². The molecule has 0 aliphatic carbocycles. The second-order valence-electron chi connectivity index (χ2n) is 8.03. The summed E-state index contributed by atoms with van der Waals surface area (Å²) in [6.07, 6.45) is 9.82. The number of nitrogens with zero attached hydrogens (tertiary/aromatic N) is 8. The molecular formula is C24H23N9O. The van der Waals surface area contributed by atoms with Crippen LogP contribution in [0, 0.1) is 11.8 Å². The number of rotatable bonds is 4. The van der Waals surface area contributed by atoms with Crippen molar-refractivity contribution in [3.05, 3.63) is 72.7 Å². The summed E-state index contributed by atoms with van der Waals surface area (Å²) in [5.41, 5.74) is 8.95. The topological polar surface area (TPSA) is 121 Å². The van der Waals surface area contributed by atoms with Crippen molar-refractivity contribution in [3.8, 4) is 11.8 Å². The van der Waals surface area contributed by atoms with E-state index in [1.165, 1.54) is 12.4 Å². The Morgan fingerprint density at radius 2 is 2.18 bits per heavy atom. The van der Waals surface area contributed by atoms with Gasteiger partial charge < -0.3 is 10.6 Å². The molecule has 1 aliphatic heterocycles. The predicted molar refractivity (Wildman–Crippen MR) is 126 cm³/mol. The second kappa shape index (κ2) is 9.15. The molecule has 5 rings (SSSR count). The number of carbonyl (C=O) groups is 1. The van der Waals surface area contributed by atoms with Crippen molar-refractivity contribution in [3.63, 3.8) is 0 Å². The Kier molecular flexibility index (Phi) is 5.74. The van der Waals surface area contributed by atoms with E-state index in [1.54, 1.807) is 22.0 Å². The fourth-order valence-corrected chi connectivity index (χ4v) is 4.12. The molecule has 1 aliphatic rings. The van der Waals surface area contributed by atoms with E-state index in [-0.39, 0.29) is 11.9 Å². The lowest BCUT2D eigenvalue weighted by Crippen LogP contribution is -2.40. The van der Waals surface area contributed by atoms with Crippen molar-refractivity contribution in [2.45, 2.75) is 25.4 Å². The molecule has 2 N–H and O–H groups in total. The molecule has 10 heteroatoms. The zero-order chi connectivity index (χ0) is 23.5. The highest BCUT2D eigenvalue weighted by Crippen LogP contribution is 2.28. The van der Waals surface area contributed by atoms with Crippen LogP contribution in [0.15, 0.2) is 55.8 Å². The molecule has 0 saturated carbocycles. The number of likely N-dealkylation sites (tertiary alicyclic amines) is 1. The first-order valence-corrected chi connectivity index (χ1v) is 11.0. The number of hydrogen-bond acceptors (Lipinski definition) is 7. The fourth-order valence-electron chi connectivity index (χ4n) is 4.12. The Hall–Kier alpha value is -4.52. The van der Waals surface area contributed by atoms with Crippen LogP contribution >= 0.6 is 0 Å². The second-order valence-corrected chi connectivity index (χ2v) is 8.03. The van der Waals surface area contributed by atoms with E-state index < -0.39 is 0 Å². The van der Waals surface area contributed by atoms with Crippen LogP contribution in [-0.4, -0.2) is 58.4 Å². The third-order valence-electron chi connectivity index (χ3n) is 5.76. The van der Waals surface area contributed by atoms with Gasteiger partial charge in [-0.2, -0.15) is 10.2 Å². The van der Waals surface area contributed by atoms with Gasteiger partial charge in [0.15, 0.2) is 5.65 Å². The molecule has 34 heavy (non-hydrogen) atoms. The van der Waals surface area contributed by atoms with Crippen LogP contribution in [-0.2, 0) is 11.3 Å². The van der Waals surface area contributed by atoms with Gasteiger partial charge >= 0.3 is 0 Å². The lowest BCUT2D eigenvalue weighted by atomic mass is 10.1. The van der Waals surface area contributed by atoms with Crippen LogP contribution < -0.4 is 5.73 Å². The Bertz CT molecular complexity index is 1410. The molecule has 0 aromatic carbocycles. The van der Waals surface area contributed by atoms with Crippen molar-refractivity contribution in [1.82, 2.24) is 39.4 Å². The average molecular weight is 454 g/mol. The summed E-state index contributed by atoms with van der Waals surface area (Å²) in [6, 6.07) is 5.74. The van der Waals surface area contributed by atoms with Crippen LogP contribution in [0.4, 0.5) is 5.82 Å². The third kappa shape index (κ3) is 4.23. The SMILES string of the molecule is C=CC(=O)N1CCC[C@@H](n2nc(C#Cc3cnn(Cc4ccccn4)c3)c3c(N)ncnc32)C1. The maximum absolute atomic E-state index is 12.1. The maximum Gasteiger partial charge on any atom is 0.246 e. The number of nitrogen functional groups attached to an aromatic ring is 1. The van der Waals surface area contributed by atoms with Crippen molar-refractivity contribution < 1.29 is 4.79 Å². The minimum atomic E-state index is -0.0852. The van der Waals surface area contributed by atoms with Gasteiger partial charge in [0.2, 0.25) is 5.91 Å². The fraction of sp³-hybridized carbons (Fsp3) is 0.250. The van der Waals surface area contributed by atoms with Gasteiger partial charge in [0.25, 0.3) is 0 Å². The lowest BCUT2D eigenvalue weighted by molar-refractivity contribution is -0.127. The summed E-state index contributed by atoms with van der Waals surface area (Å²) in [4.78, 5) is 26.8. The normalized spacial score (nSPS) is 15.6. The van der Waals surface area contributed by atoms with Gasteiger partial charge in [-0.05, 0) is 37.0 Å². The number of amides is 1. The molecule has 0 bridgehead atoms. The predicted octanol–water partition coefficient (Wildman–Crippen LogP) is 1.80. The highest BCUT2D eigenvalue weighted by molar-refractivity contribution is 5.90. The number of nitrogens with two attached hydrogens (primary N) is 1.